The van der Waals surface area contributed by atoms with Crippen LogP contribution in [0.15, 0.2) is 64.9 Å². The zero-order valence-corrected chi connectivity index (χ0v) is 21.3. The van der Waals surface area contributed by atoms with Gasteiger partial charge < -0.3 is 14.2 Å². The number of rotatable bonds is 8. The molecule has 1 unspecified atom stereocenters. The van der Waals surface area contributed by atoms with Crippen LogP contribution in [0.5, 0.6) is 5.75 Å². The largest absolute Gasteiger partial charge is 0.491 e. The van der Waals surface area contributed by atoms with Gasteiger partial charge in [0.05, 0.1) is 4.90 Å². The molecule has 0 saturated carbocycles. The molecule has 0 bridgehead atoms. The predicted octanol–water partition coefficient (Wildman–Crippen LogP) is 5.05. The number of imide groups is 1. The second-order valence-electron chi connectivity index (χ2n) is 9.40. The van der Waals surface area contributed by atoms with Crippen LogP contribution in [0.1, 0.15) is 38.3 Å². The van der Waals surface area contributed by atoms with Gasteiger partial charge in [0.15, 0.2) is 0 Å². The van der Waals surface area contributed by atoms with Crippen molar-refractivity contribution < 1.29 is 32.2 Å². The van der Waals surface area contributed by atoms with Crippen molar-refractivity contribution in [3.8, 4) is 5.75 Å². The predicted molar refractivity (Wildman–Crippen MR) is 131 cm³/mol. The van der Waals surface area contributed by atoms with Crippen LogP contribution in [0, 0.1) is 6.92 Å². The van der Waals surface area contributed by atoms with Gasteiger partial charge in [-0.05, 0) is 75.9 Å². The van der Waals surface area contributed by atoms with Crippen LogP contribution < -0.4 is 4.74 Å². The number of carbonyl (C=O) groups is 2. The van der Waals surface area contributed by atoms with E-state index in [1.165, 1.54) is 0 Å². The number of amides is 2. The Morgan fingerprint density at radius 1 is 1.17 bits per heavy atom. The number of hydrogen-bond acceptors (Lipinski definition) is 7. The number of sulfone groups is 1. The fourth-order valence-electron chi connectivity index (χ4n) is 3.55. The molecule has 0 aromatic heterocycles. The summed E-state index contributed by atoms with van der Waals surface area (Å²) in [4.78, 5) is 25.8. The van der Waals surface area contributed by atoms with Crippen LogP contribution in [0.25, 0.3) is 0 Å². The third-order valence-corrected chi connectivity index (χ3v) is 7.09. The van der Waals surface area contributed by atoms with Crippen LogP contribution in [0.3, 0.4) is 0 Å². The van der Waals surface area contributed by atoms with Gasteiger partial charge in [-0.2, -0.15) is 0 Å². The average molecular weight is 502 g/mol. The first-order valence-corrected chi connectivity index (χ1v) is 12.8. The molecule has 9 heteroatoms. The Labute approximate surface area is 206 Å². The van der Waals surface area contributed by atoms with E-state index in [0.29, 0.717) is 12.2 Å². The molecule has 1 fully saturated rings. The quantitative estimate of drug-likeness (QED) is 0.499. The second kappa shape index (κ2) is 10.5. The maximum absolute atomic E-state index is 12.7. The van der Waals surface area contributed by atoms with Gasteiger partial charge >= 0.3 is 12.2 Å². The van der Waals surface area contributed by atoms with E-state index in [1.807, 2.05) is 25.1 Å². The molecule has 2 aromatic rings. The molecular weight excluding hydrogens is 470 g/mol. The summed E-state index contributed by atoms with van der Waals surface area (Å²) in [6.07, 6.45) is -0.831. The lowest BCUT2D eigenvalue weighted by Crippen LogP contribution is -2.44. The molecule has 1 saturated heterocycles. The Hall–Kier alpha value is -3.33. The van der Waals surface area contributed by atoms with Gasteiger partial charge in [0.2, 0.25) is 9.84 Å². The minimum Gasteiger partial charge on any atom is -0.491 e. The molecule has 0 spiro atoms. The van der Waals surface area contributed by atoms with Crippen LogP contribution in [0.4, 0.5) is 9.59 Å². The second-order valence-corrected chi connectivity index (χ2v) is 11.5. The van der Waals surface area contributed by atoms with E-state index in [4.69, 9.17) is 14.2 Å². The SMILES string of the molecule is C=C(CCc1cc(C)cc(OCC2COC(=O)N2C(=O)OC(C)(C)C)c1)S(=O)(=O)c1ccccc1. The molecule has 1 atom stereocenters. The van der Waals surface area contributed by atoms with Crippen molar-refractivity contribution in [2.24, 2.45) is 0 Å². The van der Waals surface area contributed by atoms with Gasteiger partial charge in [-0.1, -0.05) is 30.8 Å². The van der Waals surface area contributed by atoms with Crippen molar-refractivity contribution in [3.63, 3.8) is 0 Å². The van der Waals surface area contributed by atoms with E-state index in [9.17, 15) is 18.0 Å². The first-order chi connectivity index (χ1) is 16.4. The van der Waals surface area contributed by atoms with Gasteiger partial charge in [-0.15, -0.1) is 0 Å². The van der Waals surface area contributed by atoms with E-state index in [1.54, 1.807) is 51.1 Å². The number of aryl methyl sites for hydroxylation is 2. The van der Waals surface area contributed by atoms with E-state index in [2.05, 4.69) is 6.58 Å². The third kappa shape index (κ3) is 6.85. The number of cyclic esters (lactones) is 1. The van der Waals surface area contributed by atoms with Crippen molar-refractivity contribution in [2.75, 3.05) is 13.2 Å². The van der Waals surface area contributed by atoms with Crippen LogP contribution in [-0.4, -0.2) is 50.4 Å². The molecule has 2 amide bonds. The Bertz CT molecular complexity index is 1200. The maximum atomic E-state index is 12.7. The highest BCUT2D eigenvalue weighted by atomic mass is 32.2. The van der Waals surface area contributed by atoms with E-state index >= 15 is 0 Å². The maximum Gasteiger partial charge on any atom is 0.420 e. The van der Waals surface area contributed by atoms with Gasteiger partial charge in [0.1, 0.15) is 30.6 Å². The van der Waals surface area contributed by atoms with Crippen LogP contribution in [0.2, 0.25) is 0 Å². The Morgan fingerprint density at radius 2 is 1.86 bits per heavy atom. The average Bonchev–Trinajstić information content (AvgIpc) is 3.15. The lowest BCUT2D eigenvalue weighted by Gasteiger charge is -2.25. The van der Waals surface area contributed by atoms with Crippen molar-refractivity contribution in [1.29, 1.82) is 0 Å². The summed E-state index contributed by atoms with van der Waals surface area (Å²) in [5, 5.41) is 0. The lowest BCUT2D eigenvalue weighted by molar-refractivity contribution is 0.0263. The summed E-state index contributed by atoms with van der Waals surface area (Å²) < 4.78 is 41.7. The van der Waals surface area contributed by atoms with E-state index < -0.39 is 33.7 Å². The normalized spacial score (nSPS) is 16.1. The first-order valence-electron chi connectivity index (χ1n) is 11.3. The molecular formula is C26H31NO7S. The standard InChI is InChI=1S/C26H31NO7S/c1-18-13-20(12-11-19(2)35(30,31)23-9-7-6-8-10-23)15-22(14-18)32-16-21-17-33-24(28)27(21)25(29)34-26(3,4)5/h6-10,13-15,21H,2,11-12,16-17H2,1,3-5H3. The van der Waals surface area contributed by atoms with Gasteiger partial charge in [-0.3, -0.25) is 0 Å². The number of carbonyl (C=O) groups excluding carboxylic acids is 2. The summed E-state index contributed by atoms with van der Waals surface area (Å²) in [5.74, 6) is 0.542. The van der Waals surface area contributed by atoms with Crippen molar-refractivity contribution in [2.45, 2.75) is 57.1 Å². The summed E-state index contributed by atoms with van der Waals surface area (Å²) in [6, 6.07) is 13.2. The van der Waals surface area contributed by atoms with Gasteiger partial charge in [0, 0.05) is 4.91 Å². The zero-order chi connectivity index (χ0) is 25.8. The highest BCUT2D eigenvalue weighted by Crippen LogP contribution is 2.25. The van der Waals surface area contributed by atoms with Crippen LogP contribution >= 0.6 is 0 Å². The minimum absolute atomic E-state index is 0.00786. The van der Waals surface area contributed by atoms with Gasteiger partial charge in [0.25, 0.3) is 0 Å². The number of allylic oxidation sites excluding steroid dienone is 1. The molecule has 8 nitrogen and oxygen atoms in total. The Balaban J connectivity index is 1.64. The minimum atomic E-state index is -3.60. The molecule has 188 valence electrons. The molecule has 0 aliphatic carbocycles. The number of benzene rings is 2. The van der Waals surface area contributed by atoms with E-state index in [-0.39, 0.29) is 29.4 Å². The summed E-state index contributed by atoms with van der Waals surface area (Å²) in [6.45, 7) is 10.9. The zero-order valence-electron chi connectivity index (χ0n) is 20.4. The molecule has 1 aliphatic rings. The van der Waals surface area contributed by atoms with Crippen LogP contribution in [-0.2, 0) is 25.7 Å². The molecule has 1 aliphatic heterocycles. The Morgan fingerprint density at radius 3 is 2.51 bits per heavy atom. The Kier molecular flexibility index (Phi) is 7.90. The molecule has 35 heavy (non-hydrogen) atoms. The summed E-state index contributed by atoms with van der Waals surface area (Å²) in [5.41, 5.74) is 1.05. The molecule has 1 heterocycles. The third-order valence-electron chi connectivity index (χ3n) is 5.23. The highest BCUT2D eigenvalue weighted by molar-refractivity contribution is 7.95. The topological polar surface area (TPSA) is 99.2 Å². The molecule has 0 radical (unpaired) electrons. The number of hydrogen-bond donors (Lipinski definition) is 0. The van der Waals surface area contributed by atoms with Crippen molar-refractivity contribution >= 4 is 22.0 Å². The molecule has 3 rings (SSSR count). The number of ether oxygens (including phenoxy) is 3. The van der Waals surface area contributed by atoms with Crippen molar-refractivity contribution in [3.05, 3.63) is 71.1 Å². The number of nitrogens with zero attached hydrogens (tertiary/aromatic N) is 1. The smallest absolute Gasteiger partial charge is 0.420 e. The fraction of sp³-hybridized carbons (Fsp3) is 0.385. The summed E-state index contributed by atoms with van der Waals surface area (Å²) >= 11 is 0. The molecule has 2 aromatic carbocycles. The highest BCUT2D eigenvalue weighted by Gasteiger charge is 2.41. The fourth-order valence-corrected chi connectivity index (χ4v) is 4.77. The monoisotopic (exact) mass is 501 g/mol. The lowest BCUT2D eigenvalue weighted by atomic mass is 10.1. The summed E-state index contributed by atoms with van der Waals surface area (Å²) in [7, 11) is -3.60. The molecule has 0 N–H and O–H groups in total. The van der Waals surface area contributed by atoms with Gasteiger partial charge in [-0.25, -0.2) is 22.9 Å². The first kappa shape index (κ1) is 26.3. The van der Waals surface area contributed by atoms with E-state index in [0.717, 1.165) is 16.0 Å². The van der Waals surface area contributed by atoms with Crippen molar-refractivity contribution in [1.82, 2.24) is 4.90 Å².